The van der Waals surface area contributed by atoms with Crippen LogP contribution in [0.2, 0.25) is 0 Å². The summed E-state index contributed by atoms with van der Waals surface area (Å²) in [5.74, 6) is 0. The van der Waals surface area contributed by atoms with E-state index in [0.29, 0.717) is 6.10 Å². The van der Waals surface area contributed by atoms with Gasteiger partial charge in [0.2, 0.25) is 0 Å². The van der Waals surface area contributed by atoms with Crippen molar-refractivity contribution in [2.24, 2.45) is 0 Å². The topological polar surface area (TPSA) is 24.5 Å². The molecule has 1 saturated carbocycles. The molecule has 3 nitrogen and oxygen atoms in total. The third-order valence-electron chi connectivity index (χ3n) is 3.52. The number of methoxy groups -OCH3 is 1. The van der Waals surface area contributed by atoms with E-state index >= 15 is 0 Å². The van der Waals surface area contributed by atoms with Crippen LogP contribution in [0, 0.1) is 0 Å². The van der Waals surface area contributed by atoms with E-state index in [1.807, 2.05) is 7.11 Å². The first-order chi connectivity index (χ1) is 6.78. The minimum atomic E-state index is 0.522. The standard InChI is InChI=1S/C11H22N2O/c1-13-5-3-4-9(8-13)12-10-6-11(7-10)14-2/h9-12H,3-8H2,1-2H3. The smallest absolute Gasteiger partial charge is 0.0601 e. The van der Waals surface area contributed by atoms with Gasteiger partial charge in [0, 0.05) is 25.7 Å². The van der Waals surface area contributed by atoms with Gasteiger partial charge in [-0.15, -0.1) is 0 Å². The van der Waals surface area contributed by atoms with Gasteiger partial charge in [0.05, 0.1) is 6.10 Å². The molecule has 0 aromatic carbocycles. The van der Waals surface area contributed by atoms with E-state index in [0.717, 1.165) is 12.1 Å². The molecule has 0 aromatic heterocycles. The number of likely N-dealkylation sites (tertiary alicyclic amines) is 1. The Kier molecular flexibility index (Phi) is 3.42. The highest BCUT2D eigenvalue weighted by Gasteiger charge is 2.31. The Morgan fingerprint density at radius 2 is 2.07 bits per heavy atom. The molecule has 0 spiro atoms. The second-order valence-electron chi connectivity index (χ2n) is 4.79. The van der Waals surface area contributed by atoms with E-state index < -0.39 is 0 Å². The van der Waals surface area contributed by atoms with Crippen LogP contribution >= 0.6 is 0 Å². The van der Waals surface area contributed by atoms with Crippen LogP contribution in [0.15, 0.2) is 0 Å². The summed E-state index contributed by atoms with van der Waals surface area (Å²) in [6, 6.07) is 1.44. The zero-order valence-corrected chi connectivity index (χ0v) is 9.33. The number of likely N-dealkylation sites (N-methyl/N-ethyl adjacent to an activating group) is 1. The highest BCUT2D eigenvalue weighted by atomic mass is 16.5. The molecule has 0 amide bonds. The van der Waals surface area contributed by atoms with Crippen LogP contribution in [-0.4, -0.2) is 50.3 Å². The maximum Gasteiger partial charge on any atom is 0.0601 e. The van der Waals surface area contributed by atoms with Crippen LogP contribution in [0.4, 0.5) is 0 Å². The van der Waals surface area contributed by atoms with Crippen molar-refractivity contribution < 1.29 is 4.74 Å². The molecule has 0 aromatic rings. The summed E-state index contributed by atoms with van der Waals surface area (Å²) in [5.41, 5.74) is 0. The van der Waals surface area contributed by atoms with Crippen LogP contribution in [0.25, 0.3) is 0 Å². The summed E-state index contributed by atoms with van der Waals surface area (Å²) in [6.45, 7) is 2.48. The summed E-state index contributed by atoms with van der Waals surface area (Å²) in [4.78, 5) is 2.42. The molecule has 2 aliphatic rings. The van der Waals surface area contributed by atoms with Crippen molar-refractivity contribution in [2.75, 3.05) is 27.2 Å². The van der Waals surface area contributed by atoms with E-state index in [4.69, 9.17) is 4.74 Å². The van der Waals surface area contributed by atoms with Crippen molar-refractivity contribution >= 4 is 0 Å². The molecule has 14 heavy (non-hydrogen) atoms. The third kappa shape index (κ3) is 2.47. The average Bonchev–Trinajstić information content (AvgIpc) is 2.10. The van der Waals surface area contributed by atoms with Crippen LogP contribution in [0.1, 0.15) is 25.7 Å². The monoisotopic (exact) mass is 198 g/mol. The number of hydrogen-bond acceptors (Lipinski definition) is 3. The van der Waals surface area contributed by atoms with Crippen molar-refractivity contribution in [1.29, 1.82) is 0 Å². The minimum absolute atomic E-state index is 0.522. The molecule has 1 saturated heterocycles. The summed E-state index contributed by atoms with van der Waals surface area (Å²) < 4.78 is 5.28. The maximum absolute atomic E-state index is 5.28. The summed E-state index contributed by atoms with van der Waals surface area (Å²) in [5, 5.41) is 3.73. The third-order valence-corrected chi connectivity index (χ3v) is 3.52. The fourth-order valence-corrected chi connectivity index (χ4v) is 2.53. The van der Waals surface area contributed by atoms with Gasteiger partial charge >= 0.3 is 0 Å². The van der Waals surface area contributed by atoms with Gasteiger partial charge in [-0.05, 0) is 39.3 Å². The fourth-order valence-electron chi connectivity index (χ4n) is 2.53. The maximum atomic E-state index is 5.28. The van der Waals surface area contributed by atoms with Crippen molar-refractivity contribution in [2.45, 2.75) is 43.9 Å². The first kappa shape index (κ1) is 10.4. The van der Waals surface area contributed by atoms with Gasteiger partial charge < -0.3 is 15.0 Å². The lowest BCUT2D eigenvalue weighted by Gasteiger charge is -2.40. The lowest BCUT2D eigenvalue weighted by Crippen LogP contribution is -2.53. The number of rotatable bonds is 3. The first-order valence-corrected chi connectivity index (χ1v) is 5.75. The summed E-state index contributed by atoms with van der Waals surface area (Å²) in [6.07, 6.45) is 5.62. The Hall–Kier alpha value is -0.120. The van der Waals surface area contributed by atoms with E-state index in [-0.39, 0.29) is 0 Å². The van der Waals surface area contributed by atoms with Crippen LogP contribution < -0.4 is 5.32 Å². The predicted molar refractivity (Wildman–Crippen MR) is 57.5 cm³/mol. The van der Waals surface area contributed by atoms with E-state index in [2.05, 4.69) is 17.3 Å². The molecule has 82 valence electrons. The van der Waals surface area contributed by atoms with Crippen molar-refractivity contribution in [3.63, 3.8) is 0 Å². The molecule has 1 atom stereocenters. The number of nitrogens with one attached hydrogen (secondary N) is 1. The van der Waals surface area contributed by atoms with Crippen molar-refractivity contribution in [3.8, 4) is 0 Å². The van der Waals surface area contributed by atoms with Crippen LogP contribution in [0.5, 0.6) is 0 Å². The Balaban J connectivity index is 1.66. The van der Waals surface area contributed by atoms with E-state index in [9.17, 15) is 0 Å². The summed E-state index contributed by atoms with van der Waals surface area (Å²) >= 11 is 0. The Labute approximate surface area is 86.8 Å². The Bertz CT molecular complexity index is 180. The highest BCUT2D eigenvalue weighted by Crippen LogP contribution is 2.24. The first-order valence-electron chi connectivity index (χ1n) is 5.75. The second-order valence-corrected chi connectivity index (χ2v) is 4.79. The number of nitrogens with zero attached hydrogens (tertiary/aromatic N) is 1. The summed E-state index contributed by atoms with van der Waals surface area (Å²) in [7, 11) is 4.03. The highest BCUT2D eigenvalue weighted by molar-refractivity contribution is 4.89. The normalized spacial score (nSPS) is 39.4. The molecule has 3 heteroatoms. The molecule has 2 fully saturated rings. The SMILES string of the molecule is COC1CC(NC2CCCN(C)C2)C1. The van der Waals surface area contributed by atoms with Crippen molar-refractivity contribution in [3.05, 3.63) is 0 Å². The van der Waals surface area contributed by atoms with Gasteiger partial charge in [-0.25, -0.2) is 0 Å². The van der Waals surface area contributed by atoms with Crippen LogP contribution in [-0.2, 0) is 4.74 Å². The van der Waals surface area contributed by atoms with Gasteiger partial charge in [-0.1, -0.05) is 0 Å². The molecule has 1 aliphatic heterocycles. The largest absolute Gasteiger partial charge is 0.381 e. The van der Waals surface area contributed by atoms with Gasteiger partial charge in [0.1, 0.15) is 0 Å². The zero-order chi connectivity index (χ0) is 9.97. The number of hydrogen-bond donors (Lipinski definition) is 1. The Morgan fingerprint density at radius 3 is 2.71 bits per heavy atom. The van der Waals surface area contributed by atoms with Crippen LogP contribution in [0.3, 0.4) is 0 Å². The molecule has 1 N–H and O–H groups in total. The zero-order valence-electron chi connectivity index (χ0n) is 9.33. The molecular formula is C11H22N2O. The predicted octanol–water partition coefficient (Wildman–Crippen LogP) is 0.848. The lowest BCUT2D eigenvalue weighted by molar-refractivity contribution is 0.0113. The lowest BCUT2D eigenvalue weighted by atomic mass is 9.88. The second kappa shape index (κ2) is 4.60. The van der Waals surface area contributed by atoms with E-state index in [1.165, 1.54) is 38.8 Å². The Morgan fingerprint density at radius 1 is 1.29 bits per heavy atom. The quantitative estimate of drug-likeness (QED) is 0.727. The molecule has 0 bridgehead atoms. The molecule has 2 rings (SSSR count). The molecule has 0 radical (unpaired) electrons. The number of ether oxygens (including phenoxy) is 1. The van der Waals surface area contributed by atoms with E-state index in [1.54, 1.807) is 0 Å². The minimum Gasteiger partial charge on any atom is -0.381 e. The molecule has 1 aliphatic carbocycles. The molecule has 1 heterocycles. The van der Waals surface area contributed by atoms with Gasteiger partial charge in [0.15, 0.2) is 0 Å². The van der Waals surface area contributed by atoms with Gasteiger partial charge in [0.25, 0.3) is 0 Å². The van der Waals surface area contributed by atoms with Gasteiger partial charge in [-0.2, -0.15) is 0 Å². The average molecular weight is 198 g/mol. The fraction of sp³-hybridized carbons (Fsp3) is 1.00. The molecule has 1 unspecified atom stereocenters. The van der Waals surface area contributed by atoms with Crippen molar-refractivity contribution in [1.82, 2.24) is 10.2 Å². The van der Waals surface area contributed by atoms with Gasteiger partial charge in [-0.3, -0.25) is 0 Å². The molecular weight excluding hydrogens is 176 g/mol. The number of piperidine rings is 1.